The molecule has 0 bridgehead atoms. The highest BCUT2D eigenvalue weighted by Crippen LogP contribution is 2.21. The van der Waals surface area contributed by atoms with E-state index in [1.165, 1.54) is 0 Å². The molecule has 0 amide bonds. The number of nitriles is 1. The van der Waals surface area contributed by atoms with Gasteiger partial charge >= 0.3 is 0 Å². The van der Waals surface area contributed by atoms with E-state index in [1.54, 1.807) is 30.6 Å². The van der Waals surface area contributed by atoms with Gasteiger partial charge in [0.05, 0.1) is 29.6 Å². The van der Waals surface area contributed by atoms with Crippen LogP contribution in [0, 0.1) is 11.3 Å². The van der Waals surface area contributed by atoms with Gasteiger partial charge in [-0.1, -0.05) is 0 Å². The van der Waals surface area contributed by atoms with Gasteiger partial charge in [0.15, 0.2) is 0 Å². The van der Waals surface area contributed by atoms with Gasteiger partial charge in [-0.25, -0.2) is 4.98 Å². The largest absolute Gasteiger partial charge is 0.497 e. The molecule has 0 radical (unpaired) electrons. The Balaban J connectivity index is 2.01. The maximum Gasteiger partial charge on any atom is 0.121 e. The third-order valence-corrected chi connectivity index (χ3v) is 3.16. The Morgan fingerprint density at radius 1 is 1.50 bits per heavy atom. The van der Waals surface area contributed by atoms with E-state index < -0.39 is 0 Å². The molecule has 0 saturated heterocycles. The summed E-state index contributed by atoms with van der Waals surface area (Å²) in [5, 5.41) is 14.3. The van der Waals surface area contributed by atoms with Crippen LogP contribution in [0.5, 0.6) is 5.75 Å². The van der Waals surface area contributed by atoms with Crippen molar-refractivity contribution in [3.63, 3.8) is 0 Å². The van der Waals surface area contributed by atoms with E-state index in [4.69, 9.17) is 10.00 Å². The molecular formula is C13H13N3OS. The number of aromatic nitrogens is 1. The number of hydrogen-bond acceptors (Lipinski definition) is 5. The third kappa shape index (κ3) is 2.99. The van der Waals surface area contributed by atoms with Crippen molar-refractivity contribution in [1.82, 2.24) is 4.98 Å². The molecule has 2 rings (SSSR count). The summed E-state index contributed by atoms with van der Waals surface area (Å²) < 4.78 is 5.15. The van der Waals surface area contributed by atoms with Crippen molar-refractivity contribution in [2.24, 2.45) is 0 Å². The minimum atomic E-state index is 0.620. The lowest BCUT2D eigenvalue weighted by atomic mass is 10.2. The van der Waals surface area contributed by atoms with Crippen LogP contribution in [-0.4, -0.2) is 18.6 Å². The third-order valence-electron chi connectivity index (χ3n) is 2.53. The first-order valence-corrected chi connectivity index (χ1v) is 6.47. The smallest absolute Gasteiger partial charge is 0.121 e. The van der Waals surface area contributed by atoms with Crippen LogP contribution < -0.4 is 10.1 Å². The molecule has 0 aliphatic carbocycles. The van der Waals surface area contributed by atoms with Gasteiger partial charge in [0.1, 0.15) is 11.8 Å². The lowest BCUT2D eigenvalue weighted by Crippen LogP contribution is -2.06. The summed E-state index contributed by atoms with van der Waals surface area (Å²) in [6.07, 6.45) is 0.839. The molecular weight excluding hydrogens is 246 g/mol. The fraction of sp³-hybridized carbons (Fsp3) is 0.231. The van der Waals surface area contributed by atoms with Crippen LogP contribution in [0.3, 0.4) is 0 Å². The fourth-order valence-corrected chi connectivity index (χ4v) is 2.17. The number of benzene rings is 1. The van der Waals surface area contributed by atoms with E-state index in [2.05, 4.69) is 16.4 Å². The summed E-state index contributed by atoms with van der Waals surface area (Å²) in [5.41, 5.74) is 4.30. The van der Waals surface area contributed by atoms with E-state index in [9.17, 15) is 0 Å². The predicted molar refractivity (Wildman–Crippen MR) is 72.0 cm³/mol. The maximum absolute atomic E-state index is 9.02. The molecule has 1 aromatic heterocycles. The van der Waals surface area contributed by atoms with Crippen LogP contribution in [0.4, 0.5) is 5.69 Å². The second kappa shape index (κ2) is 6.03. The molecule has 1 aromatic carbocycles. The van der Waals surface area contributed by atoms with Crippen LogP contribution in [0.1, 0.15) is 11.3 Å². The topological polar surface area (TPSA) is 57.9 Å². The van der Waals surface area contributed by atoms with E-state index >= 15 is 0 Å². The Morgan fingerprint density at radius 3 is 3.06 bits per heavy atom. The molecule has 92 valence electrons. The molecule has 18 heavy (non-hydrogen) atoms. The van der Waals surface area contributed by atoms with Crippen LogP contribution in [0.25, 0.3) is 0 Å². The Hall–Kier alpha value is -2.06. The van der Waals surface area contributed by atoms with E-state index in [1.807, 2.05) is 17.0 Å². The first-order valence-electron chi connectivity index (χ1n) is 5.52. The Morgan fingerprint density at radius 2 is 2.39 bits per heavy atom. The molecule has 0 spiro atoms. The number of thiazole rings is 1. The molecule has 1 N–H and O–H groups in total. The van der Waals surface area contributed by atoms with Crippen LogP contribution in [0.15, 0.2) is 29.1 Å². The first-order chi connectivity index (χ1) is 8.83. The number of methoxy groups -OCH3 is 1. The highest BCUT2D eigenvalue weighted by atomic mass is 32.1. The average Bonchev–Trinajstić information content (AvgIpc) is 2.92. The standard InChI is InChI=1S/C13H13N3OS/c1-17-12-3-2-10(7-14)13(6-12)15-5-4-11-8-18-9-16-11/h2-3,6,8-9,15H,4-5H2,1H3. The van der Waals surface area contributed by atoms with Crippen molar-refractivity contribution in [3.8, 4) is 11.8 Å². The van der Waals surface area contributed by atoms with Crippen molar-refractivity contribution in [3.05, 3.63) is 40.3 Å². The zero-order valence-electron chi connectivity index (χ0n) is 10.0. The van der Waals surface area contributed by atoms with Crippen molar-refractivity contribution >= 4 is 17.0 Å². The van der Waals surface area contributed by atoms with E-state index in [0.29, 0.717) is 5.56 Å². The molecule has 0 fully saturated rings. The number of ether oxygens (including phenoxy) is 1. The fourth-order valence-electron chi connectivity index (χ4n) is 1.58. The second-order valence-electron chi connectivity index (χ2n) is 3.68. The summed E-state index contributed by atoms with van der Waals surface area (Å²) in [4.78, 5) is 4.21. The molecule has 0 aliphatic heterocycles. The van der Waals surface area contributed by atoms with Crippen LogP contribution >= 0.6 is 11.3 Å². The average molecular weight is 259 g/mol. The SMILES string of the molecule is COc1ccc(C#N)c(NCCc2cscn2)c1. The van der Waals surface area contributed by atoms with Gasteiger partial charge in [-0.05, 0) is 12.1 Å². The molecule has 2 aromatic rings. The number of anilines is 1. The van der Waals surface area contributed by atoms with Gasteiger partial charge in [-0.15, -0.1) is 11.3 Å². The van der Waals surface area contributed by atoms with Gasteiger partial charge < -0.3 is 10.1 Å². The monoisotopic (exact) mass is 259 g/mol. The summed E-state index contributed by atoms with van der Waals surface area (Å²) in [6.45, 7) is 0.742. The van der Waals surface area contributed by atoms with E-state index in [0.717, 1.165) is 30.1 Å². The molecule has 4 nitrogen and oxygen atoms in total. The molecule has 0 unspecified atom stereocenters. The van der Waals surface area contributed by atoms with Crippen molar-refractivity contribution in [1.29, 1.82) is 5.26 Å². The highest BCUT2D eigenvalue weighted by molar-refractivity contribution is 7.07. The summed E-state index contributed by atoms with van der Waals surface area (Å²) in [5.74, 6) is 0.741. The molecule has 0 aliphatic rings. The molecule has 0 atom stereocenters. The summed E-state index contributed by atoms with van der Waals surface area (Å²) in [6, 6.07) is 7.53. The summed E-state index contributed by atoms with van der Waals surface area (Å²) >= 11 is 1.59. The molecule has 5 heteroatoms. The van der Waals surface area contributed by atoms with Crippen molar-refractivity contribution < 1.29 is 4.74 Å². The van der Waals surface area contributed by atoms with Crippen molar-refractivity contribution in [2.45, 2.75) is 6.42 Å². The Kier molecular flexibility index (Phi) is 4.15. The minimum Gasteiger partial charge on any atom is -0.497 e. The number of hydrogen-bond donors (Lipinski definition) is 1. The molecule has 0 saturated carbocycles. The molecule has 1 heterocycles. The van der Waals surface area contributed by atoms with Crippen LogP contribution in [0.2, 0.25) is 0 Å². The minimum absolute atomic E-state index is 0.620. The van der Waals surface area contributed by atoms with Gasteiger partial charge in [-0.3, -0.25) is 0 Å². The quantitative estimate of drug-likeness (QED) is 0.897. The lowest BCUT2D eigenvalue weighted by Gasteiger charge is -2.09. The second-order valence-corrected chi connectivity index (χ2v) is 4.40. The van der Waals surface area contributed by atoms with Crippen molar-refractivity contribution in [2.75, 3.05) is 19.0 Å². The number of nitrogens with zero attached hydrogens (tertiary/aromatic N) is 2. The van der Waals surface area contributed by atoms with Gasteiger partial charge in [0.2, 0.25) is 0 Å². The zero-order chi connectivity index (χ0) is 12.8. The van der Waals surface area contributed by atoms with Crippen LogP contribution in [-0.2, 0) is 6.42 Å². The number of nitrogens with one attached hydrogen (secondary N) is 1. The van der Waals surface area contributed by atoms with Gasteiger partial charge in [-0.2, -0.15) is 5.26 Å². The predicted octanol–water partition coefficient (Wildman–Crippen LogP) is 2.68. The highest BCUT2D eigenvalue weighted by Gasteiger charge is 2.03. The lowest BCUT2D eigenvalue weighted by molar-refractivity contribution is 0.415. The normalized spacial score (nSPS) is 9.78. The maximum atomic E-state index is 9.02. The first kappa shape index (κ1) is 12.4. The van der Waals surface area contributed by atoms with Gasteiger partial charge in [0, 0.05) is 24.4 Å². The Bertz CT molecular complexity index is 546. The zero-order valence-corrected chi connectivity index (χ0v) is 10.8. The number of rotatable bonds is 5. The summed E-state index contributed by atoms with van der Waals surface area (Å²) in [7, 11) is 1.61. The van der Waals surface area contributed by atoms with E-state index in [-0.39, 0.29) is 0 Å². The van der Waals surface area contributed by atoms with Gasteiger partial charge in [0.25, 0.3) is 0 Å². The Labute approximate surface area is 110 Å².